The Morgan fingerprint density at radius 1 is 1.15 bits per heavy atom. The Morgan fingerprint density at radius 3 is 2.50 bits per heavy atom. The average Bonchev–Trinajstić information content (AvgIpc) is 3.02. The first-order valence-corrected chi connectivity index (χ1v) is 7.63. The summed E-state index contributed by atoms with van der Waals surface area (Å²) in [4.78, 5) is 20.7. The fourth-order valence-corrected chi connectivity index (χ4v) is 3.25. The van der Waals surface area contributed by atoms with Gasteiger partial charge in [-0.2, -0.15) is 0 Å². The predicted molar refractivity (Wildman–Crippen MR) is 83.0 cm³/mol. The second kappa shape index (κ2) is 5.63. The lowest BCUT2D eigenvalue weighted by atomic mass is 10.1. The number of aromatic nitrogens is 1. The number of piperazine rings is 1. The maximum Gasteiger partial charge on any atom is 0.185 e. The number of Topliss-reactive ketones (excluding diaryl/α,β-unsaturated/α-hetero) is 1. The summed E-state index contributed by atoms with van der Waals surface area (Å²) in [6, 6.07) is 7.86. The number of ketones is 1. The number of hydrogen-bond acceptors (Lipinski definition) is 5. The highest BCUT2D eigenvalue weighted by atomic mass is 32.1. The molecule has 20 heavy (non-hydrogen) atoms. The van der Waals surface area contributed by atoms with E-state index in [1.807, 2.05) is 35.8 Å². The smallest absolute Gasteiger partial charge is 0.185 e. The molecule has 2 heterocycles. The van der Waals surface area contributed by atoms with Crippen LogP contribution in [0.4, 0.5) is 10.8 Å². The summed E-state index contributed by atoms with van der Waals surface area (Å²) >= 11 is 1.68. The third-order valence-corrected chi connectivity index (χ3v) is 4.43. The van der Waals surface area contributed by atoms with Crippen LogP contribution < -0.4 is 9.80 Å². The van der Waals surface area contributed by atoms with Crippen molar-refractivity contribution < 1.29 is 4.79 Å². The molecule has 1 fully saturated rings. The van der Waals surface area contributed by atoms with E-state index in [-0.39, 0.29) is 5.78 Å². The minimum atomic E-state index is 0.128. The first kappa shape index (κ1) is 13.1. The Balaban J connectivity index is 1.74. The van der Waals surface area contributed by atoms with E-state index in [2.05, 4.69) is 14.8 Å². The lowest BCUT2D eigenvalue weighted by Crippen LogP contribution is -2.46. The van der Waals surface area contributed by atoms with Crippen molar-refractivity contribution in [3.8, 4) is 0 Å². The summed E-state index contributed by atoms with van der Waals surface area (Å²) in [6.45, 7) is 5.36. The Bertz CT molecular complexity index is 589. The zero-order valence-corrected chi connectivity index (χ0v) is 12.3. The highest BCUT2D eigenvalue weighted by Crippen LogP contribution is 2.24. The van der Waals surface area contributed by atoms with Gasteiger partial charge in [0, 0.05) is 49.0 Å². The van der Waals surface area contributed by atoms with Crippen LogP contribution in [0.15, 0.2) is 35.8 Å². The van der Waals surface area contributed by atoms with Gasteiger partial charge < -0.3 is 9.80 Å². The van der Waals surface area contributed by atoms with Gasteiger partial charge in [0.25, 0.3) is 0 Å². The quantitative estimate of drug-likeness (QED) is 0.813. The van der Waals surface area contributed by atoms with E-state index in [4.69, 9.17) is 0 Å². The highest BCUT2D eigenvalue weighted by Gasteiger charge is 2.21. The molecule has 1 aliphatic rings. The maximum atomic E-state index is 11.7. The largest absolute Gasteiger partial charge is 0.367 e. The molecule has 3 rings (SSSR count). The van der Waals surface area contributed by atoms with Crippen molar-refractivity contribution in [2.45, 2.75) is 6.92 Å². The van der Waals surface area contributed by atoms with Gasteiger partial charge in [-0.15, -0.1) is 11.3 Å². The van der Waals surface area contributed by atoms with Crippen LogP contribution in [0.25, 0.3) is 0 Å². The fourth-order valence-electron chi connectivity index (χ4n) is 2.56. The van der Waals surface area contributed by atoms with Crippen LogP contribution in [0, 0.1) is 0 Å². The molecule has 0 saturated carbocycles. The average molecular weight is 287 g/mol. The standard InChI is InChI=1S/C15H17N3OS/c1-12(19)13-4-2-3-5-14(13)17-7-9-18(10-8-17)15-16-6-11-20-15/h2-6,11H,7-10H2,1H3. The first-order valence-electron chi connectivity index (χ1n) is 6.75. The Hall–Kier alpha value is -1.88. The van der Waals surface area contributed by atoms with E-state index >= 15 is 0 Å². The molecule has 0 atom stereocenters. The molecule has 0 aliphatic carbocycles. The molecule has 1 aromatic carbocycles. The summed E-state index contributed by atoms with van der Waals surface area (Å²) in [7, 11) is 0. The number of benzene rings is 1. The predicted octanol–water partition coefficient (Wildman–Crippen LogP) is 2.67. The zero-order chi connectivity index (χ0) is 13.9. The molecular weight excluding hydrogens is 270 g/mol. The van der Waals surface area contributed by atoms with E-state index in [1.54, 1.807) is 18.3 Å². The Morgan fingerprint density at radius 2 is 1.85 bits per heavy atom. The number of para-hydroxylation sites is 1. The van der Waals surface area contributed by atoms with Gasteiger partial charge in [0.2, 0.25) is 0 Å². The summed E-state index contributed by atoms with van der Waals surface area (Å²) in [6.07, 6.45) is 1.84. The van der Waals surface area contributed by atoms with Crippen molar-refractivity contribution in [3.05, 3.63) is 41.4 Å². The van der Waals surface area contributed by atoms with Crippen LogP contribution in [0.1, 0.15) is 17.3 Å². The van der Waals surface area contributed by atoms with Crippen molar-refractivity contribution in [1.82, 2.24) is 4.98 Å². The summed E-state index contributed by atoms with van der Waals surface area (Å²) in [5, 5.41) is 3.09. The number of hydrogen-bond donors (Lipinski definition) is 0. The first-order chi connectivity index (χ1) is 9.75. The molecule has 5 heteroatoms. The van der Waals surface area contributed by atoms with Crippen molar-refractivity contribution in [2.24, 2.45) is 0 Å². The third-order valence-electron chi connectivity index (χ3n) is 3.59. The van der Waals surface area contributed by atoms with Gasteiger partial charge in [0.15, 0.2) is 10.9 Å². The van der Waals surface area contributed by atoms with Gasteiger partial charge >= 0.3 is 0 Å². The van der Waals surface area contributed by atoms with E-state index < -0.39 is 0 Å². The number of thiazole rings is 1. The zero-order valence-electron chi connectivity index (χ0n) is 11.5. The van der Waals surface area contributed by atoms with E-state index in [9.17, 15) is 4.79 Å². The van der Waals surface area contributed by atoms with Crippen molar-refractivity contribution in [1.29, 1.82) is 0 Å². The fraction of sp³-hybridized carbons (Fsp3) is 0.333. The number of carbonyl (C=O) groups is 1. The van der Waals surface area contributed by atoms with Crippen LogP contribution >= 0.6 is 11.3 Å². The molecule has 1 aromatic heterocycles. The molecule has 0 spiro atoms. The molecule has 0 amide bonds. The molecule has 2 aromatic rings. The van der Waals surface area contributed by atoms with Gasteiger partial charge in [-0.3, -0.25) is 4.79 Å². The topological polar surface area (TPSA) is 36.4 Å². The normalized spacial score (nSPS) is 15.4. The second-order valence-electron chi connectivity index (χ2n) is 4.86. The molecular formula is C15H17N3OS. The van der Waals surface area contributed by atoms with Gasteiger partial charge in [0.1, 0.15) is 0 Å². The van der Waals surface area contributed by atoms with Gasteiger partial charge in [0.05, 0.1) is 0 Å². The molecule has 0 unspecified atom stereocenters. The lowest BCUT2D eigenvalue weighted by Gasteiger charge is -2.36. The monoisotopic (exact) mass is 287 g/mol. The number of rotatable bonds is 3. The molecule has 1 aliphatic heterocycles. The molecule has 4 nitrogen and oxygen atoms in total. The van der Waals surface area contributed by atoms with Gasteiger partial charge in [-0.1, -0.05) is 12.1 Å². The van der Waals surface area contributed by atoms with Crippen LogP contribution in [0.2, 0.25) is 0 Å². The van der Waals surface area contributed by atoms with E-state index in [0.717, 1.165) is 42.6 Å². The second-order valence-corrected chi connectivity index (χ2v) is 5.74. The molecule has 0 N–H and O–H groups in total. The van der Waals surface area contributed by atoms with Crippen LogP contribution in [0.3, 0.4) is 0 Å². The van der Waals surface area contributed by atoms with Crippen LogP contribution in [-0.4, -0.2) is 36.9 Å². The highest BCUT2D eigenvalue weighted by molar-refractivity contribution is 7.13. The molecule has 0 radical (unpaired) electrons. The lowest BCUT2D eigenvalue weighted by molar-refractivity contribution is 0.101. The molecule has 104 valence electrons. The number of anilines is 2. The van der Waals surface area contributed by atoms with Gasteiger partial charge in [-0.05, 0) is 19.1 Å². The van der Waals surface area contributed by atoms with E-state index in [0.29, 0.717) is 0 Å². The van der Waals surface area contributed by atoms with E-state index in [1.165, 1.54) is 0 Å². The minimum Gasteiger partial charge on any atom is -0.367 e. The molecule has 0 bridgehead atoms. The molecule has 1 saturated heterocycles. The van der Waals surface area contributed by atoms with Crippen LogP contribution in [-0.2, 0) is 0 Å². The summed E-state index contributed by atoms with van der Waals surface area (Å²) in [5.74, 6) is 0.128. The third kappa shape index (κ3) is 2.54. The minimum absolute atomic E-state index is 0.128. The van der Waals surface area contributed by atoms with Crippen molar-refractivity contribution in [3.63, 3.8) is 0 Å². The van der Waals surface area contributed by atoms with Gasteiger partial charge in [-0.25, -0.2) is 4.98 Å². The summed E-state index contributed by atoms with van der Waals surface area (Å²) < 4.78 is 0. The Kier molecular flexibility index (Phi) is 3.69. The summed E-state index contributed by atoms with van der Waals surface area (Å²) in [5.41, 5.74) is 1.87. The van der Waals surface area contributed by atoms with Crippen LogP contribution in [0.5, 0.6) is 0 Å². The Labute approximate surface area is 122 Å². The SMILES string of the molecule is CC(=O)c1ccccc1N1CCN(c2nccs2)CC1. The van der Waals surface area contributed by atoms with Crippen molar-refractivity contribution in [2.75, 3.05) is 36.0 Å². The number of nitrogens with zero attached hydrogens (tertiary/aromatic N) is 3. The number of carbonyl (C=O) groups excluding carboxylic acids is 1. The van der Waals surface area contributed by atoms with Crippen molar-refractivity contribution >= 4 is 27.9 Å². The maximum absolute atomic E-state index is 11.7.